The van der Waals surface area contributed by atoms with Crippen LogP contribution in [-0.2, 0) is 26.0 Å². The predicted octanol–water partition coefficient (Wildman–Crippen LogP) is 5.29. The van der Waals surface area contributed by atoms with Crippen molar-refractivity contribution in [3.8, 4) is 16.9 Å². The maximum Gasteiger partial charge on any atom is 0.407 e. The Morgan fingerprint density at radius 1 is 1.00 bits per heavy atom. The Bertz CT molecular complexity index is 1790. The van der Waals surface area contributed by atoms with Crippen molar-refractivity contribution in [1.29, 1.82) is 5.41 Å². The molecule has 5 N–H and O–H groups in total. The zero-order chi connectivity index (χ0) is 34.1. The topological polar surface area (TPSA) is 167 Å². The first-order valence-corrected chi connectivity index (χ1v) is 17.2. The lowest BCUT2D eigenvalue weighted by Gasteiger charge is -2.19. The summed E-state index contributed by atoms with van der Waals surface area (Å²) in [4.78, 5) is 24.6. The molecule has 0 fully saturated rings. The number of aliphatic carboxylic acids is 1. The number of ether oxygens (including phenoxy) is 2. The van der Waals surface area contributed by atoms with E-state index in [2.05, 4.69) is 15.4 Å². The molecule has 47 heavy (non-hydrogen) atoms. The molecular weight excluding hydrogens is 620 g/mol. The van der Waals surface area contributed by atoms with E-state index < -0.39 is 33.7 Å². The number of nitrogens with one attached hydrogen (secondary N) is 4. The minimum absolute atomic E-state index is 0.0734. The minimum Gasteiger partial charge on any atom is -0.487 e. The minimum atomic E-state index is -4.06. The molecular formula is C35H42N4O7S. The molecule has 5 rings (SSSR count). The number of fused-ring (bicyclic) bond motifs is 4. The molecule has 0 saturated carbocycles. The van der Waals surface area contributed by atoms with Gasteiger partial charge in [-0.25, -0.2) is 22.7 Å². The molecule has 0 spiro atoms. The molecule has 0 unspecified atom stereocenters. The van der Waals surface area contributed by atoms with Gasteiger partial charge in [-0.05, 0) is 92.8 Å². The first-order chi connectivity index (χ1) is 22.2. The Morgan fingerprint density at radius 2 is 1.62 bits per heavy atom. The van der Waals surface area contributed by atoms with Crippen LogP contribution < -0.4 is 20.1 Å². The van der Waals surface area contributed by atoms with Gasteiger partial charge in [-0.2, -0.15) is 0 Å². The van der Waals surface area contributed by atoms with Gasteiger partial charge in [0, 0.05) is 24.4 Å². The number of hydrogen-bond acceptors (Lipinski definition) is 7. The lowest BCUT2D eigenvalue weighted by atomic mass is 9.94. The summed E-state index contributed by atoms with van der Waals surface area (Å²) in [5.74, 6) is -0.984. The molecule has 0 saturated heterocycles. The monoisotopic (exact) mass is 662 g/mol. The fraction of sp³-hybridized carbons (Fsp3) is 0.400. The molecule has 1 amide bonds. The number of carbonyl (C=O) groups is 2. The highest BCUT2D eigenvalue weighted by Crippen LogP contribution is 2.45. The molecule has 3 aromatic rings. The van der Waals surface area contributed by atoms with Gasteiger partial charge in [-0.3, -0.25) is 5.41 Å². The van der Waals surface area contributed by atoms with E-state index in [4.69, 9.17) is 14.9 Å². The van der Waals surface area contributed by atoms with E-state index in [9.17, 15) is 23.1 Å². The maximum absolute atomic E-state index is 13.4. The molecule has 1 atom stereocenters. The molecule has 12 heteroatoms. The van der Waals surface area contributed by atoms with Crippen LogP contribution in [0.15, 0.2) is 53.4 Å². The summed E-state index contributed by atoms with van der Waals surface area (Å²) < 4.78 is 40.6. The third-order valence-corrected chi connectivity index (χ3v) is 10.6. The quantitative estimate of drug-likeness (QED) is 0.105. The molecule has 250 valence electrons. The maximum atomic E-state index is 13.4. The van der Waals surface area contributed by atoms with Crippen LogP contribution in [0, 0.1) is 26.2 Å². The van der Waals surface area contributed by atoms with E-state index in [1.807, 2.05) is 69.3 Å². The number of amides is 1. The number of guanidine groups is 1. The number of carbonyl (C=O) groups excluding carboxylic acids is 1. The lowest BCUT2D eigenvalue weighted by molar-refractivity contribution is -0.139. The molecule has 11 nitrogen and oxygen atoms in total. The molecule has 1 aliphatic carbocycles. The summed E-state index contributed by atoms with van der Waals surface area (Å²) in [6.45, 7) is 9.55. The van der Waals surface area contributed by atoms with Crippen molar-refractivity contribution in [3.63, 3.8) is 0 Å². The largest absolute Gasteiger partial charge is 0.487 e. The number of benzene rings is 3. The molecule has 3 aromatic carbocycles. The Morgan fingerprint density at radius 3 is 2.23 bits per heavy atom. The zero-order valence-electron chi connectivity index (χ0n) is 27.3. The molecule has 0 bridgehead atoms. The van der Waals surface area contributed by atoms with Crippen molar-refractivity contribution in [1.82, 2.24) is 15.4 Å². The molecule has 0 radical (unpaired) electrons. The highest BCUT2D eigenvalue weighted by molar-refractivity contribution is 7.90. The second kappa shape index (κ2) is 13.3. The molecule has 1 heterocycles. The zero-order valence-corrected chi connectivity index (χ0v) is 28.1. The van der Waals surface area contributed by atoms with Crippen molar-refractivity contribution in [2.75, 3.05) is 13.2 Å². The summed E-state index contributed by atoms with van der Waals surface area (Å²) in [6.07, 6.45) is 0.733. The predicted molar refractivity (Wildman–Crippen MR) is 179 cm³/mol. The van der Waals surface area contributed by atoms with Crippen LogP contribution in [-0.4, -0.2) is 56.3 Å². The van der Waals surface area contributed by atoms with Crippen LogP contribution in [0.5, 0.6) is 5.75 Å². The number of unbranched alkanes of at least 4 members (excludes halogenated alkanes) is 1. The molecule has 0 aromatic heterocycles. The van der Waals surface area contributed by atoms with Crippen LogP contribution in [0.4, 0.5) is 4.79 Å². The Balaban J connectivity index is 1.09. The van der Waals surface area contributed by atoms with E-state index in [1.165, 1.54) is 0 Å². The van der Waals surface area contributed by atoms with Gasteiger partial charge >= 0.3 is 12.1 Å². The van der Waals surface area contributed by atoms with Crippen molar-refractivity contribution in [3.05, 3.63) is 81.9 Å². The van der Waals surface area contributed by atoms with Crippen LogP contribution in [0.3, 0.4) is 0 Å². The van der Waals surface area contributed by atoms with E-state index >= 15 is 0 Å². The Kier molecular flexibility index (Phi) is 9.53. The Hall–Kier alpha value is -4.58. The van der Waals surface area contributed by atoms with Gasteiger partial charge < -0.3 is 25.2 Å². The van der Waals surface area contributed by atoms with E-state index in [-0.39, 0.29) is 36.3 Å². The van der Waals surface area contributed by atoms with E-state index in [1.54, 1.807) is 13.8 Å². The van der Waals surface area contributed by atoms with Crippen molar-refractivity contribution >= 4 is 28.0 Å². The first-order valence-electron chi connectivity index (χ1n) is 15.7. The summed E-state index contributed by atoms with van der Waals surface area (Å²) in [5, 5.41) is 23.1. The number of rotatable bonds is 11. The number of alkyl carbamates (subject to hydrolysis) is 1. The van der Waals surface area contributed by atoms with Crippen molar-refractivity contribution in [2.24, 2.45) is 0 Å². The second-order valence-corrected chi connectivity index (χ2v) is 14.4. The molecule has 1 aliphatic heterocycles. The lowest BCUT2D eigenvalue weighted by Crippen LogP contribution is -2.42. The van der Waals surface area contributed by atoms with Gasteiger partial charge in [0.2, 0.25) is 5.96 Å². The fourth-order valence-corrected chi connectivity index (χ4v) is 8.12. The van der Waals surface area contributed by atoms with E-state index in [0.29, 0.717) is 30.4 Å². The van der Waals surface area contributed by atoms with Crippen LogP contribution >= 0.6 is 0 Å². The summed E-state index contributed by atoms with van der Waals surface area (Å²) in [7, 11) is -4.06. The van der Waals surface area contributed by atoms with Gasteiger partial charge in [-0.15, -0.1) is 0 Å². The standard InChI is InChI=1S/C35H42N4O7S/c1-20-21(2)31(22(3)27-18-35(4,5)46-30(20)27)47(43,44)39-33(36)37-17-11-10-16-29(32(40)41)38-34(42)45-19-28-25-14-8-6-12-23(25)24-13-7-9-15-26(24)28/h6-9,12-15,28-29H,10-11,16-19H2,1-5H3,(H,38,42)(H,40,41)(H3,36,37,39)/t29-/m0/s1. The van der Waals surface area contributed by atoms with E-state index in [0.717, 1.165) is 39.1 Å². The van der Waals surface area contributed by atoms with Gasteiger partial charge in [0.25, 0.3) is 10.0 Å². The van der Waals surface area contributed by atoms with Gasteiger partial charge in [0.15, 0.2) is 0 Å². The summed E-state index contributed by atoms with van der Waals surface area (Å²) in [5.41, 5.74) is 6.68. The normalized spacial score (nSPS) is 15.1. The number of sulfonamides is 1. The Labute approximate surface area is 275 Å². The van der Waals surface area contributed by atoms with Crippen LogP contribution in [0.2, 0.25) is 0 Å². The third-order valence-electron chi connectivity index (χ3n) is 8.95. The molecule has 2 aliphatic rings. The third kappa shape index (κ3) is 7.07. The second-order valence-electron chi connectivity index (χ2n) is 12.8. The average molecular weight is 663 g/mol. The first kappa shape index (κ1) is 33.8. The van der Waals surface area contributed by atoms with Crippen LogP contribution in [0.1, 0.15) is 72.4 Å². The summed E-state index contributed by atoms with van der Waals surface area (Å²) in [6, 6.07) is 14.7. The SMILES string of the molecule is Cc1c(C)c(S(=O)(=O)NC(=N)NCCCC[C@H](NC(=O)OCC2c3ccccc3-c3ccccc32)C(=O)O)c(C)c2c1OC(C)(C)C2. The van der Waals surface area contributed by atoms with Gasteiger partial charge in [0.05, 0.1) is 4.90 Å². The smallest absolute Gasteiger partial charge is 0.407 e. The van der Waals surface area contributed by atoms with Gasteiger partial charge in [0.1, 0.15) is 24.0 Å². The number of hydrogen-bond donors (Lipinski definition) is 5. The fourth-order valence-electron chi connectivity index (χ4n) is 6.60. The van der Waals surface area contributed by atoms with Crippen molar-refractivity contribution in [2.45, 2.75) is 82.8 Å². The van der Waals surface area contributed by atoms with Crippen LogP contribution in [0.25, 0.3) is 11.1 Å². The highest BCUT2D eigenvalue weighted by Gasteiger charge is 2.37. The van der Waals surface area contributed by atoms with Gasteiger partial charge in [-0.1, -0.05) is 48.5 Å². The summed E-state index contributed by atoms with van der Waals surface area (Å²) >= 11 is 0. The number of carboxylic acid groups (broad SMARTS) is 1. The highest BCUT2D eigenvalue weighted by atomic mass is 32.2. The van der Waals surface area contributed by atoms with Crippen molar-refractivity contribution < 1.29 is 32.6 Å². The number of carboxylic acids is 1. The average Bonchev–Trinajstić information content (AvgIpc) is 3.51.